The molecular weight excluding hydrogens is 402 g/mol. The van der Waals surface area contributed by atoms with E-state index in [2.05, 4.69) is 15.0 Å². The van der Waals surface area contributed by atoms with Crippen molar-refractivity contribution in [2.24, 2.45) is 5.92 Å². The van der Waals surface area contributed by atoms with Crippen LogP contribution in [0.1, 0.15) is 44.2 Å². The lowest BCUT2D eigenvalue weighted by atomic mass is 9.99. The number of rotatable bonds is 11. The first-order valence-corrected chi connectivity index (χ1v) is 12.7. The molecule has 0 N–H and O–H groups in total. The molecule has 3 heterocycles. The Hall–Kier alpha value is -1.71. The zero-order valence-corrected chi connectivity index (χ0v) is 18.6. The van der Waals surface area contributed by atoms with E-state index in [1.54, 1.807) is 13.3 Å². The number of hydrogen-bond donors (Lipinski definition) is 0. The second-order valence-electron chi connectivity index (χ2n) is 8.58. The largest absolute Gasteiger partial charge is 0.383 e. The van der Waals surface area contributed by atoms with E-state index in [0.717, 1.165) is 44.6 Å². The molecule has 2 aliphatic rings. The topological polar surface area (TPSA) is 82.2 Å². The molecule has 1 saturated carbocycles. The van der Waals surface area contributed by atoms with Crippen molar-refractivity contribution in [3.63, 3.8) is 0 Å². The van der Waals surface area contributed by atoms with E-state index in [0.29, 0.717) is 25.1 Å². The zero-order chi connectivity index (χ0) is 21.0. The van der Waals surface area contributed by atoms with Gasteiger partial charge in [-0.25, -0.2) is 13.4 Å². The Bertz CT molecular complexity index is 905. The van der Waals surface area contributed by atoms with Crippen LogP contribution >= 0.6 is 0 Å². The molecule has 1 aliphatic carbocycles. The Labute approximate surface area is 179 Å². The summed E-state index contributed by atoms with van der Waals surface area (Å²) in [6.07, 6.45) is 12.2. The molecule has 0 radical (unpaired) electrons. The van der Waals surface area contributed by atoms with Crippen LogP contribution in [-0.2, 0) is 34.2 Å². The quantitative estimate of drug-likeness (QED) is 0.539. The van der Waals surface area contributed by atoms with Gasteiger partial charge in [-0.1, -0.05) is 6.42 Å². The number of likely N-dealkylation sites (tertiary alicyclic amines) is 1. The number of sulfone groups is 1. The highest BCUT2D eigenvalue weighted by Gasteiger charge is 2.33. The Morgan fingerprint density at radius 1 is 1.20 bits per heavy atom. The van der Waals surface area contributed by atoms with Gasteiger partial charge in [-0.05, 0) is 50.6 Å². The van der Waals surface area contributed by atoms with Gasteiger partial charge in [0.25, 0.3) is 0 Å². The minimum atomic E-state index is -3.37. The second-order valence-corrected chi connectivity index (χ2v) is 10.5. The molecule has 1 saturated heterocycles. The maximum absolute atomic E-state index is 12.9. The van der Waals surface area contributed by atoms with Gasteiger partial charge < -0.3 is 9.30 Å². The van der Waals surface area contributed by atoms with Gasteiger partial charge >= 0.3 is 0 Å². The highest BCUT2D eigenvalue weighted by molar-refractivity contribution is 7.91. The zero-order valence-electron chi connectivity index (χ0n) is 17.8. The van der Waals surface area contributed by atoms with Crippen LogP contribution in [0.5, 0.6) is 0 Å². The monoisotopic (exact) mass is 435 g/mol. The lowest BCUT2D eigenvalue weighted by Gasteiger charge is -2.36. The molecule has 2 aromatic heterocycles. The molecule has 9 heteroatoms. The van der Waals surface area contributed by atoms with Crippen molar-refractivity contribution >= 4 is 9.84 Å². The summed E-state index contributed by atoms with van der Waals surface area (Å²) in [7, 11) is -1.72. The summed E-state index contributed by atoms with van der Waals surface area (Å²) in [5.74, 6) is 0.520. The molecule has 8 nitrogen and oxygen atoms in total. The third-order valence-corrected chi connectivity index (χ3v) is 8.01. The third-order valence-electron chi connectivity index (χ3n) is 6.22. The van der Waals surface area contributed by atoms with Crippen molar-refractivity contribution in [1.82, 2.24) is 24.2 Å². The van der Waals surface area contributed by atoms with Crippen molar-refractivity contribution in [3.05, 3.63) is 30.4 Å². The maximum atomic E-state index is 12.9. The Kier molecular flexibility index (Phi) is 6.90. The molecule has 0 spiro atoms. The summed E-state index contributed by atoms with van der Waals surface area (Å²) in [5.41, 5.74) is 0.965. The minimum Gasteiger partial charge on any atom is -0.383 e. The highest BCUT2D eigenvalue weighted by atomic mass is 32.2. The van der Waals surface area contributed by atoms with Crippen LogP contribution in [0.2, 0.25) is 0 Å². The van der Waals surface area contributed by atoms with E-state index in [4.69, 9.17) is 4.74 Å². The fraction of sp³-hybridized carbons (Fsp3) is 0.714. The molecule has 1 atom stereocenters. The first-order valence-electron chi connectivity index (χ1n) is 11.0. The van der Waals surface area contributed by atoms with Crippen LogP contribution in [0, 0.1) is 5.92 Å². The van der Waals surface area contributed by atoms with Crippen molar-refractivity contribution in [2.75, 3.05) is 26.0 Å². The van der Waals surface area contributed by atoms with Crippen LogP contribution in [0.25, 0.3) is 0 Å². The molecule has 1 unspecified atom stereocenters. The summed E-state index contributed by atoms with van der Waals surface area (Å²) in [6, 6.07) is 2.43. The first kappa shape index (κ1) is 21.5. The SMILES string of the molecule is COCCn1c(CN2CCCCC2CCn2cccn2)cnc1S(=O)(=O)CC1CC1. The van der Waals surface area contributed by atoms with Crippen molar-refractivity contribution < 1.29 is 13.2 Å². The Morgan fingerprint density at radius 2 is 2.07 bits per heavy atom. The molecule has 1 aliphatic heterocycles. The standard InChI is InChI=1S/C21H33N5O3S/c1-29-14-13-26-20(15-22-21(26)30(27,28)17-18-6-7-18)16-24-10-3-2-5-19(24)8-12-25-11-4-9-23-25/h4,9,11,15,18-19H,2-3,5-8,10,12-14,16-17H2,1H3. The molecule has 4 rings (SSSR count). The van der Waals surface area contributed by atoms with Crippen molar-refractivity contribution in [3.8, 4) is 0 Å². The van der Waals surface area contributed by atoms with Crippen LogP contribution < -0.4 is 0 Å². The molecule has 30 heavy (non-hydrogen) atoms. The van der Waals surface area contributed by atoms with Crippen LogP contribution in [-0.4, -0.2) is 64.7 Å². The number of aromatic nitrogens is 4. The molecule has 2 aromatic rings. The third kappa shape index (κ3) is 5.31. The summed E-state index contributed by atoms with van der Waals surface area (Å²) in [6.45, 7) is 3.63. The van der Waals surface area contributed by atoms with E-state index >= 15 is 0 Å². The van der Waals surface area contributed by atoms with E-state index in [9.17, 15) is 8.42 Å². The summed E-state index contributed by atoms with van der Waals surface area (Å²) < 4.78 is 35.0. The molecule has 166 valence electrons. The number of piperidine rings is 1. The first-order chi connectivity index (χ1) is 14.6. The molecule has 0 aromatic carbocycles. The minimum absolute atomic E-state index is 0.214. The van der Waals surface area contributed by atoms with Gasteiger partial charge in [-0.15, -0.1) is 0 Å². The lowest BCUT2D eigenvalue weighted by molar-refractivity contribution is 0.122. The summed E-state index contributed by atoms with van der Waals surface area (Å²) in [5, 5.41) is 4.53. The van der Waals surface area contributed by atoms with Gasteiger partial charge in [-0.2, -0.15) is 5.10 Å². The van der Waals surface area contributed by atoms with Gasteiger partial charge in [0.1, 0.15) is 0 Å². The predicted molar refractivity (Wildman–Crippen MR) is 114 cm³/mol. The number of nitrogens with zero attached hydrogens (tertiary/aromatic N) is 5. The van der Waals surface area contributed by atoms with Crippen molar-refractivity contribution in [2.45, 2.75) is 69.4 Å². The van der Waals surface area contributed by atoms with Crippen LogP contribution in [0.3, 0.4) is 0 Å². The molecule has 0 bridgehead atoms. The fourth-order valence-corrected chi connectivity index (χ4v) is 6.24. The fourth-order valence-electron chi connectivity index (χ4n) is 4.37. The maximum Gasteiger partial charge on any atom is 0.227 e. The number of ether oxygens (including phenoxy) is 1. The number of aryl methyl sites for hydroxylation is 1. The highest BCUT2D eigenvalue weighted by Crippen LogP contribution is 2.32. The van der Waals surface area contributed by atoms with Gasteiger partial charge in [-0.3, -0.25) is 9.58 Å². The predicted octanol–water partition coefficient (Wildman–Crippen LogP) is 2.35. The normalized spacial score (nSPS) is 20.6. The summed E-state index contributed by atoms with van der Waals surface area (Å²) in [4.78, 5) is 6.87. The molecule has 0 amide bonds. The Morgan fingerprint density at radius 3 is 2.80 bits per heavy atom. The number of methoxy groups -OCH3 is 1. The average Bonchev–Trinajstić information content (AvgIpc) is 3.21. The van der Waals surface area contributed by atoms with Crippen LogP contribution in [0.4, 0.5) is 0 Å². The average molecular weight is 436 g/mol. The molecular formula is C21H33N5O3S. The van der Waals surface area contributed by atoms with Crippen LogP contribution in [0.15, 0.2) is 29.8 Å². The van der Waals surface area contributed by atoms with E-state index in [1.165, 1.54) is 19.3 Å². The number of imidazole rings is 1. The van der Waals surface area contributed by atoms with E-state index in [1.807, 2.05) is 27.7 Å². The van der Waals surface area contributed by atoms with Crippen molar-refractivity contribution in [1.29, 1.82) is 0 Å². The van der Waals surface area contributed by atoms with Gasteiger partial charge in [0, 0.05) is 45.2 Å². The van der Waals surface area contributed by atoms with Gasteiger partial charge in [0.05, 0.1) is 24.3 Å². The smallest absolute Gasteiger partial charge is 0.227 e. The Balaban J connectivity index is 1.49. The lowest BCUT2D eigenvalue weighted by Crippen LogP contribution is -2.40. The van der Waals surface area contributed by atoms with E-state index < -0.39 is 9.84 Å². The van der Waals surface area contributed by atoms with Gasteiger partial charge in [0.2, 0.25) is 15.0 Å². The second kappa shape index (κ2) is 9.62. The van der Waals surface area contributed by atoms with E-state index in [-0.39, 0.29) is 10.9 Å². The molecule has 2 fully saturated rings. The summed E-state index contributed by atoms with van der Waals surface area (Å²) >= 11 is 0. The number of hydrogen-bond acceptors (Lipinski definition) is 6. The van der Waals surface area contributed by atoms with Gasteiger partial charge in [0.15, 0.2) is 0 Å².